The second-order valence-corrected chi connectivity index (χ2v) is 8.29. The summed E-state index contributed by atoms with van der Waals surface area (Å²) >= 11 is 1.75. The van der Waals surface area contributed by atoms with Gasteiger partial charge in [0.15, 0.2) is 9.84 Å². The standard InChI is InChI=1S/C12H26N2O2S2/c1-4-13-7-5-6-11(2)14-8-9-17-10-12(14)18(3,15)16/h11-13H,4-10H2,1-3H3. The number of hydrogen-bond donors (Lipinski definition) is 1. The lowest BCUT2D eigenvalue weighted by Crippen LogP contribution is -2.51. The number of nitrogens with one attached hydrogen (secondary N) is 1. The monoisotopic (exact) mass is 294 g/mol. The SMILES string of the molecule is CCNCCCC(C)N1CCSCC1S(C)(=O)=O. The van der Waals surface area contributed by atoms with Gasteiger partial charge in [-0.2, -0.15) is 11.8 Å². The quantitative estimate of drug-likeness (QED) is 0.715. The van der Waals surface area contributed by atoms with Crippen LogP contribution in [0.1, 0.15) is 26.7 Å². The highest BCUT2D eigenvalue weighted by Crippen LogP contribution is 2.23. The average Bonchev–Trinajstić information content (AvgIpc) is 2.33. The van der Waals surface area contributed by atoms with E-state index < -0.39 is 9.84 Å². The van der Waals surface area contributed by atoms with Gasteiger partial charge in [0, 0.05) is 30.3 Å². The molecule has 1 aliphatic rings. The zero-order valence-corrected chi connectivity index (χ0v) is 13.3. The summed E-state index contributed by atoms with van der Waals surface area (Å²) in [7, 11) is -2.97. The molecule has 1 heterocycles. The largest absolute Gasteiger partial charge is 0.317 e. The van der Waals surface area contributed by atoms with Crippen LogP contribution in [-0.4, -0.2) is 62.1 Å². The predicted molar refractivity (Wildman–Crippen MR) is 79.9 cm³/mol. The van der Waals surface area contributed by atoms with Crippen molar-refractivity contribution in [3.63, 3.8) is 0 Å². The summed E-state index contributed by atoms with van der Waals surface area (Å²) in [6.45, 7) is 7.17. The Labute approximate surface area is 116 Å². The third kappa shape index (κ3) is 5.07. The molecule has 0 aliphatic carbocycles. The molecule has 0 amide bonds. The van der Waals surface area contributed by atoms with Crippen molar-refractivity contribution in [1.29, 1.82) is 0 Å². The van der Waals surface area contributed by atoms with Gasteiger partial charge in [-0.1, -0.05) is 6.92 Å². The molecule has 0 spiro atoms. The first-order valence-electron chi connectivity index (χ1n) is 6.70. The zero-order valence-electron chi connectivity index (χ0n) is 11.7. The molecule has 0 aromatic rings. The first kappa shape index (κ1) is 16.3. The van der Waals surface area contributed by atoms with Gasteiger partial charge in [-0.25, -0.2) is 8.42 Å². The van der Waals surface area contributed by atoms with Crippen molar-refractivity contribution in [2.75, 3.05) is 37.4 Å². The van der Waals surface area contributed by atoms with Gasteiger partial charge in [0.25, 0.3) is 0 Å². The molecule has 108 valence electrons. The summed E-state index contributed by atoms with van der Waals surface area (Å²) in [6, 6.07) is 0.351. The Bertz CT molecular complexity index is 333. The molecule has 4 nitrogen and oxygen atoms in total. The Morgan fingerprint density at radius 1 is 1.50 bits per heavy atom. The van der Waals surface area contributed by atoms with Crippen LogP contribution in [0.25, 0.3) is 0 Å². The summed E-state index contributed by atoms with van der Waals surface area (Å²) in [4.78, 5) is 2.18. The van der Waals surface area contributed by atoms with Crippen LogP contribution in [0.15, 0.2) is 0 Å². The molecule has 18 heavy (non-hydrogen) atoms. The average molecular weight is 294 g/mol. The van der Waals surface area contributed by atoms with E-state index in [1.807, 2.05) is 0 Å². The van der Waals surface area contributed by atoms with Crippen molar-refractivity contribution in [2.45, 2.75) is 38.1 Å². The van der Waals surface area contributed by atoms with Crippen molar-refractivity contribution in [3.05, 3.63) is 0 Å². The minimum absolute atomic E-state index is 0.287. The number of thioether (sulfide) groups is 1. The highest BCUT2D eigenvalue weighted by atomic mass is 32.2. The maximum Gasteiger partial charge on any atom is 0.164 e. The molecule has 1 saturated heterocycles. The molecular weight excluding hydrogens is 268 g/mol. The van der Waals surface area contributed by atoms with Crippen LogP contribution in [-0.2, 0) is 9.84 Å². The van der Waals surface area contributed by atoms with Gasteiger partial charge in [0.05, 0.1) is 0 Å². The molecule has 0 aromatic heterocycles. The molecule has 6 heteroatoms. The molecule has 1 fully saturated rings. The van der Waals surface area contributed by atoms with Gasteiger partial charge in [0.2, 0.25) is 0 Å². The van der Waals surface area contributed by atoms with Crippen LogP contribution >= 0.6 is 11.8 Å². The molecule has 1 aliphatic heterocycles. The molecule has 0 aromatic carbocycles. The smallest absolute Gasteiger partial charge is 0.164 e. The van der Waals surface area contributed by atoms with Crippen LogP contribution in [0, 0.1) is 0 Å². The van der Waals surface area contributed by atoms with E-state index >= 15 is 0 Å². The lowest BCUT2D eigenvalue weighted by atomic mass is 10.1. The zero-order chi connectivity index (χ0) is 13.6. The molecule has 0 bridgehead atoms. The second-order valence-electron chi connectivity index (χ2n) is 4.94. The van der Waals surface area contributed by atoms with E-state index in [1.54, 1.807) is 11.8 Å². The molecule has 0 saturated carbocycles. The molecule has 2 atom stereocenters. The second kappa shape index (κ2) is 7.72. The Hall–Kier alpha value is 0.220. The minimum Gasteiger partial charge on any atom is -0.317 e. The van der Waals surface area contributed by atoms with Crippen LogP contribution in [0.4, 0.5) is 0 Å². The van der Waals surface area contributed by atoms with Crippen molar-refractivity contribution in [2.24, 2.45) is 0 Å². The lowest BCUT2D eigenvalue weighted by molar-refractivity contribution is 0.193. The number of hydrogen-bond acceptors (Lipinski definition) is 5. The van der Waals surface area contributed by atoms with E-state index in [0.29, 0.717) is 6.04 Å². The van der Waals surface area contributed by atoms with Gasteiger partial charge in [-0.3, -0.25) is 4.90 Å². The van der Waals surface area contributed by atoms with Crippen LogP contribution < -0.4 is 5.32 Å². The highest BCUT2D eigenvalue weighted by molar-refractivity contribution is 8.00. The van der Waals surface area contributed by atoms with Crippen molar-refractivity contribution in [3.8, 4) is 0 Å². The summed E-state index contributed by atoms with van der Waals surface area (Å²) in [5, 5.41) is 3.02. The molecule has 1 rings (SSSR count). The topological polar surface area (TPSA) is 49.4 Å². The van der Waals surface area contributed by atoms with Crippen molar-refractivity contribution < 1.29 is 8.42 Å². The third-order valence-electron chi connectivity index (χ3n) is 3.41. The molecule has 0 radical (unpaired) electrons. The number of sulfone groups is 1. The summed E-state index contributed by atoms with van der Waals surface area (Å²) in [5.41, 5.74) is 0. The normalized spacial score (nSPS) is 24.1. The summed E-state index contributed by atoms with van der Waals surface area (Å²) in [6.07, 6.45) is 3.53. The van der Waals surface area contributed by atoms with E-state index in [9.17, 15) is 8.42 Å². The summed E-state index contributed by atoms with van der Waals surface area (Å²) < 4.78 is 23.6. The van der Waals surface area contributed by atoms with Gasteiger partial charge in [0.1, 0.15) is 5.37 Å². The van der Waals surface area contributed by atoms with Gasteiger partial charge >= 0.3 is 0 Å². The van der Waals surface area contributed by atoms with Crippen molar-refractivity contribution >= 4 is 21.6 Å². The van der Waals surface area contributed by atoms with Gasteiger partial charge < -0.3 is 5.32 Å². The highest BCUT2D eigenvalue weighted by Gasteiger charge is 2.33. The van der Waals surface area contributed by atoms with Gasteiger partial charge in [-0.05, 0) is 32.9 Å². The van der Waals surface area contributed by atoms with Crippen molar-refractivity contribution in [1.82, 2.24) is 10.2 Å². The minimum atomic E-state index is -2.97. The Kier molecular flexibility index (Phi) is 6.98. The summed E-state index contributed by atoms with van der Waals surface area (Å²) in [5.74, 6) is 1.76. The molecule has 1 N–H and O–H groups in total. The number of nitrogens with zero attached hydrogens (tertiary/aromatic N) is 1. The maximum atomic E-state index is 11.8. The van der Waals surface area contributed by atoms with Crippen LogP contribution in [0.5, 0.6) is 0 Å². The van der Waals surface area contributed by atoms with Crippen LogP contribution in [0.2, 0.25) is 0 Å². The predicted octanol–water partition coefficient (Wildman–Crippen LogP) is 1.18. The fourth-order valence-corrected chi connectivity index (χ4v) is 5.31. The Morgan fingerprint density at radius 2 is 2.22 bits per heavy atom. The Balaban J connectivity index is 2.50. The van der Waals surface area contributed by atoms with Crippen LogP contribution in [0.3, 0.4) is 0 Å². The fraction of sp³-hybridized carbons (Fsp3) is 1.00. The fourth-order valence-electron chi connectivity index (χ4n) is 2.33. The van der Waals surface area contributed by atoms with Gasteiger partial charge in [-0.15, -0.1) is 0 Å². The molecular formula is C12H26N2O2S2. The Morgan fingerprint density at radius 3 is 2.83 bits per heavy atom. The first-order valence-corrected chi connectivity index (χ1v) is 9.80. The van der Waals surface area contributed by atoms with E-state index in [2.05, 4.69) is 24.1 Å². The lowest BCUT2D eigenvalue weighted by Gasteiger charge is -2.38. The number of rotatable bonds is 7. The van der Waals surface area contributed by atoms with E-state index in [0.717, 1.165) is 44.0 Å². The third-order valence-corrected chi connectivity index (χ3v) is 6.07. The maximum absolute atomic E-state index is 11.8. The van der Waals surface area contributed by atoms with E-state index in [1.165, 1.54) is 6.26 Å². The van der Waals surface area contributed by atoms with E-state index in [4.69, 9.17) is 0 Å². The molecule has 2 unspecified atom stereocenters. The first-order chi connectivity index (χ1) is 8.46. The van der Waals surface area contributed by atoms with E-state index in [-0.39, 0.29) is 5.37 Å².